The quantitative estimate of drug-likeness (QED) is 0.905. The number of rotatable bonds is 5. The highest BCUT2D eigenvalue weighted by atomic mass is 32.1. The van der Waals surface area contributed by atoms with Crippen LogP contribution in [0.2, 0.25) is 0 Å². The molecule has 3 rings (SSSR count). The van der Waals surface area contributed by atoms with Crippen molar-refractivity contribution in [1.29, 1.82) is 0 Å². The molecular weight excluding hydrogens is 320 g/mol. The van der Waals surface area contributed by atoms with Crippen molar-refractivity contribution >= 4 is 17.2 Å². The summed E-state index contributed by atoms with van der Waals surface area (Å²) < 4.78 is 0. The van der Waals surface area contributed by atoms with E-state index in [9.17, 15) is 9.90 Å². The summed E-state index contributed by atoms with van der Waals surface area (Å²) in [5.41, 5.74) is 1.21. The molecule has 1 aromatic heterocycles. The van der Waals surface area contributed by atoms with Gasteiger partial charge in [-0.3, -0.25) is 4.79 Å². The van der Waals surface area contributed by atoms with Crippen LogP contribution < -0.4 is 0 Å². The van der Waals surface area contributed by atoms with E-state index in [4.69, 9.17) is 0 Å². The number of nitrogens with zero attached hydrogens (tertiary/aromatic N) is 2. The lowest BCUT2D eigenvalue weighted by atomic mass is 9.86. The first-order valence-corrected chi connectivity index (χ1v) is 9.35. The maximum Gasteiger partial charge on any atom is 0.265 e. The lowest BCUT2D eigenvalue weighted by Gasteiger charge is -2.33. The standard InChI is InChI=1S/C19H24N2O2S/c1-21(16-9-7-15(13-22)8-10-16)19(23)17-12-20-18(24-17)11-14-5-3-2-4-6-14/h2-6,12,15-16,22H,7-11,13H2,1H3. The van der Waals surface area contributed by atoms with Gasteiger partial charge in [0.05, 0.1) is 11.2 Å². The molecule has 1 aliphatic rings. The molecular formula is C19H24N2O2S. The number of carbonyl (C=O) groups excluding carboxylic acids is 1. The van der Waals surface area contributed by atoms with Crippen molar-refractivity contribution in [3.8, 4) is 0 Å². The Kier molecular flexibility index (Phi) is 5.63. The van der Waals surface area contributed by atoms with Crippen LogP contribution in [-0.4, -0.2) is 40.6 Å². The van der Waals surface area contributed by atoms with Crippen LogP contribution in [0.1, 0.15) is 45.9 Å². The highest BCUT2D eigenvalue weighted by Crippen LogP contribution is 2.28. The van der Waals surface area contributed by atoms with Gasteiger partial charge in [-0.05, 0) is 37.2 Å². The Morgan fingerprint density at radius 2 is 1.96 bits per heavy atom. The van der Waals surface area contributed by atoms with Gasteiger partial charge in [0.25, 0.3) is 5.91 Å². The number of benzene rings is 1. The molecule has 1 aliphatic carbocycles. The Morgan fingerprint density at radius 3 is 2.62 bits per heavy atom. The second-order valence-electron chi connectivity index (χ2n) is 6.55. The van der Waals surface area contributed by atoms with E-state index in [0.29, 0.717) is 10.8 Å². The van der Waals surface area contributed by atoms with Gasteiger partial charge >= 0.3 is 0 Å². The van der Waals surface area contributed by atoms with Crippen molar-refractivity contribution in [2.45, 2.75) is 38.1 Å². The normalized spacial score (nSPS) is 20.8. The summed E-state index contributed by atoms with van der Waals surface area (Å²) in [5.74, 6) is 0.477. The lowest BCUT2D eigenvalue weighted by molar-refractivity contribution is 0.0657. The van der Waals surface area contributed by atoms with Crippen molar-refractivity contribution in [3.05, 3.63) is 52.0 Å². The zero-order valence-corrected chi connectivity index (χ0v) is 14.8. The summed E-state index contributed by atoms with van der Waals surface area (Å²) >= 11 is 1.49. The fourth-order valence-electron chi connectivity index (χ4n) is 3.32. The zero-order chi connectivity index (χ0) is 16.9. The van der Waals surface area contributed by atoms with E-state index in [1.165, 1.54) is 16.9 Å². The summed E-state index contributed by atoms with van der Waals surface area (Å²) in [6.07, 6.45) is 6.43. The first kappa shape index (κ1) is 17.1. The van der Waals surface area contributed by atoms with Gasteiger partial charge in [0, 0.05) is 26.1 Å². The van der Waals surface area contributed by atoms with Crippen LogP contribution in [0.3, 0.4) is 0 Å². The topological polar surface area (TPSA) is 53.4 Å². The predicted octanol–water partition coefficient (Wildman–Crippen LogP) is 3.36. The summed E-state index contributed by atoms with van der Waals surface area (Å²) in [6.45, 7) is 0.266. The molecule has 0 unspecified atom stereocenters. The van der Waals surface area contributed by atoms with Crippen molar-refractivity contribution in [2.75, 3.05) is 13.7 Å². The molecule has 1 amide bonds. The summed E-state index contributed by atoms with van der Waals surface area (Å²) in [5, 5.41) is 10.2. The fraction of sp³-hybridized carbons (Fsp3) is 0.474. The van der Waals surface area contributed by atoms with Gasteiger partial charge in [-0.15, -0.1) is 11.3 Å². The predicted molar refractivity (Wildman–Crippen MR) is 96.3 cm³/mol. The Bertz CT molecular complexity index is 663. The van der Waals surface area contributed by atoms with E-state index in [1.54, 1.807) is 6.20 Å². The third-order valence-corrected chi connectivity index (χ3v) is 5.89. The number of aliphatic hydroxyl groups is 1. The minimum Gasteiger partial charge on any atom is -0.396 e. The van der Waals surface area contributed by atoms with Crippen LogP contribution in [0.5, 0.6) is 0 Å². The molecule has 0 saturated heterocycles. The molecule has 0 spiro atoms. The smallest absolute Gasteiger partial charge is 0.265 e. The molecule has 0 radical (unpaired) electrons. The number of aromatic nitrogens is 1. The molecule has 1 saturated carbocycles. The largest absolute Gasteiger partial charge is 0.396 e. The first-order chi connectivity index (χ1) is 11.7. The zero-order valence-electron chi connectivity index (χ0n) is 14.0. The lowest BCUT2D eigenvalue weighted by Crippen LogP contribution is -2.39. The number of thiazole rings is 1. The Labute approximate surface area is 147 Å². The maximum atomic E-state index is 12.7. The van der Waals surface area contributed by atoms with E-state index in [1.807, 2.05) is 30.1 Å². The van der Waals surface area contributed by atoms with E-state index in [2.05, 4.69) is 17.1 Å². The van der Waals surface area contributed by atoms with Crippen molar-refractivity contribution in [3.63, 3.8) is 0 Å². The van der Waals surface area contributed by atoms with Crippen molar-refractivity contribution in [1.82, 2.24) is 9.88 Å². The third-order valence-electron chi connectivity index (χ3n) is 4.91. The van der Waals surface area contributed by atoms with Gasteiger partial charge in [-0.2, -0.15) is 0 Å². The van der Waals surface area contributed by atoms with Gasteiger partial charge in [0.1, 0.15) is 4.88 Å². The highest BCUT2D eigenvalue weighted by molar-refractivity contribution is 7.13. The Balaban J connectivity index is 1.61. The van der Waals surface area contributed by atoms with Gasteiger partial charge < -0.3 is 10.0 Å². The number of hydrogen-bond donors (Lipinski definition) is 1. The minimum absolute atomic E-state index is 0.0688. The van der Waals surface area contributed by atoms with Crippen molar-refractivity contribution in [2.24, 2.45) is 5.92 Å². The van der Waals surface area contributed by atoms with Crippen molar-refractivity contribution < 1.29 is 9.90 Å². The van der Waals surface area contributed by atoms with E-state index >= 15 is 0 Å². The van der Waals surface area contributed by atoms with Crippen LogP contribution in [0, 0.1) is 5.92 Å². The molecule has 1 aromatic carbocycles. The molecule has 2 aromatic rings. The molecule has 0 atom stereocenters. The summed E-state index contributed by atoms with van der Waals surface area (Å²) in [6, 6.07) is 10.5. The monoisotopic (exact) mass is 344 g/mol. The molecule has 128 valence electrons. The van der Waals surface area contributed by atoms with Gasteiger partial charge in [-0.25, -0.2) is 4.98 Å². The molecule has 0 bridgehead atoms. The van der Waals surface area contributed by atoms with E-state index in [0.717, 1.165) is 37.1 Å². The number of carbonyl (C=O) groups is 1. The molecule has 4 nitrogen and oxygen atoms in total. The van der Waals surface area contributed by atoms with Crippen LogP contribution >= 0.6 is 11.3 Å². The second-order valence-corrected chi connectivity index (χ2v) is 7.67. The van der Waals surface area contributed by atoms with Crippen LogP contribution in [0.15, 0.2) is 36.5 Å². The van der Waals surface area contributed by atoms with Gasteiger partial charge in [0.2, 0.25) is 0 Å². The molecule has 1 fully saturated rings. The van der Waals surface area contributed by atoms with Gasteiger partial charge in [0.15, 0.2) is 0 Å². The molecule has 0 aliphatic heterocycles. The van der Waals surface area contributed by atoms with Crippen LogP contribution in [0.25, 0.3) is 0 Å². The van der Waals surface area contributed by atoms with E-state index in [-0.39, 0.29) is 18.6 Å². The Morgan fingerprint density at radius 1 is 1.25 bits per heavy atom. The highest BCUT2D eigenvalue weighted by Gasteiger charge is 2.27. The second kappa shape index (κ2) is 7.90. The SMILES string of the molecule is CN(C(=O)c1cnc(Cc2ccccc2)s1)C1CCC(CO)CC1. The van der Waals surface area contributed by atoms with Crippen LogP contribution in [-0.2, 0) is 6.42 Å². The van der Waals surface area contributed by atoms with Crippen LogP contribution in [0.4, 0.5) is 0 Å². The number of hydrogen-bond acceptors (Lipinski definition) is 4. The Hall–Kier alpha value is -1.72. The third kappa shape index (κ3) is 4.02. The molecule has 1 N–H and O–H groups in total. The minimum atomic E-state index is 0.0688. The average Bonchev–Trinajstić information content (AvgIpc) is 3.10. The summed E-state index contributed by atoms with van der Waals surface area (Å²) in [7, 11) is 1.89. The molecule has 24 heavy (non-hydrogen) atoms. The molecule has 1 heterocycles. The first-order valence-electron chi connectivity index (χ1n) is 8.54. The number of aliphatic hydroxyl groups excluding tert-OH is 1. The maximum absolute atomic E-state index is 12.7. The summed E-state index contributed by atoms with van der Waals surface area (Å²) in [4.78, 5) is 19.7. The number of amides is 1. The van der Waals surface area contributed by atoms with Gasteiger partial charge in [-0.1, -0.05) is 30.3 Å². The fourth-order valence-corrected chi connectivity index (χ4v) is 4.25. The molecule has 5 heteroatoms. The average molecular weight is 344 g/mol. The van der Waals surface area contributed by atoms with E-state index < -0.39 is 0 Å².